The first-order chi connectivity index (χ1) is 14.7. The molecule has 1 N–H and O–H groups in total. The van der Waals surface area contributed by atoms with Gasteiger partial charge in [-0.1, -0.05) is 47.7 Å². The van der Waals surface area contributed by atoms with E-state index in [0.717, 1.165) is 21.9 Å². The number of carbonyl (C=O) groups is 1. The van der Waals surface area contributed by atoms with Gasteiger partial charge in [0.15, 0.2) is 0 Å². The van der Waals surface area contributed by atoms with Gasteiger partial charge in [-0.15, -0.1) is 11.3 Å². The number of thiophene rings is 1. The average molecular weight is 436 g/mol. The van der Waals surface area contributed by atoms with Gasteiger partial charge in [-0.2, -0.15) is 5.10 Å². The van der Waals surface area contributed by atoms with Crippen molar-refractivity contribution in [3.63, 3.8) is 0 Å². The van der Waals surface area contributed by atoms with Crippen LogP contribution in [0, 0.1) is 0 Å². The van der Waals surface area contributed by atoms with E-state index in [9.17, 15) is 9.90 Å². The van der Waals surface area contributed by atoms with Gasteiger partial charge in [-0.05, 0) is 23.6 Å². The minimum Gasteiger partial charge on any atom is -0.481 e. The Bertz CT molecular complexity index is 1180. The van der Waals surface area contributed by atoms with Gasteiger partial charge in [-0.3, -0.25) is 4.79 Å². The summed E-state index contributed by atoms with van der Waals surface area (Å²) in [7, 11) is 0. The number of aliphatic carboxylic acids is 1. The van der Waals surface area contributed by atoms with Crippen LogP contribution in [0.25, 0.3) is 11.3 Å². The highest BCUT2D eigenvalue weighted by molar-refractivity contribution is 7.16. The Morgan fingerprint density at radius 1 is 1.17 bits per heavy atom. The molecule has 0 saturated carbocycles. The van der Waals surface area contributed by atoms with Crippen LogP contribution in [0.5, 0.6) is 0 Å². The second-order valence-corrected chi connectivity index (χ2v) is 8.82. The van der Waals surface area contributed by atoms with Gasteiger partial charge in [0.2, 0.25) is 5.13 Å². The standard InChI is InChI=1S/C22H17N3O3S2/c26-20(27)13-19-21(14-6-2-1-3-7-14)23-22(30-19)25-16(17-8-4-10-28-17)12-15(24-25)18-9-5-11-29-18/h1-11,16H,12-13H2,(H,26,27)/t16-/m1/s1. The molecule has 3 aromatic heterocycles. The number of carboxylic acids is 1. The van der Waals surface area contributed by atoms with Crippen molar-refractivity contribution in [1.82, 2.24) is 4.98 Å². The van der Waals surface area contributed by atoms with E-state index in [1.807, 2.05) is 58.9 Å². The zero-order valence-corrected chi connectivity index (χ0v) is 17.4. The fourth-order valence-corrected chi connectivity index (χ4v) is 5.29. The number of hydrogen-bond acceptors (Lipinski definition) is 7. The summed E-state index contributed by atoms with van der Waals surface area (Å²) < 4.78 is 5.69. The van der Waals surface area contributed by atoms with Crippen LogP contribution >= 0.6 is 22.7 Å². The van der Waals surface area contributed by atoms with Crippen molar-refractivity contribution in [3.05, 3.63) is 81.8 Å². The summed E-state index contributed by atoms with van der Waals surface area (Å²) in [6.45, 7) is 0. The molecule has 30 heavy (non-hydrogen) atoms. The summed E-state index contributed by atoms with van der Waals surface area (Å²) in [6.07, 6.45) is 2.27. The molecule has 1 aliphatic rings. The van der Waals surface area contributed by atoms with Crippen molar-refractivity contribution in [2.24, 2.45) is 5.10 Å². The lowest BCUT2D eigenvalue weighted by molar-refractivity contribution is -0.136. The molecule has 150 valence electrons. The van der Waals surface area contributed by atoms with Crippen molar-refractivity contribution >= 4 is 39.5 Å². The van der Waals surface area contributed by atoms with Crippen molar-refractivity contribution in [2.75, 3.05) is 5.01 Å². The molecule has 5 rings (SSSR count). The SMILES string of the molecule is O=C(O)Cc1sc(N2N=C(c3cccs3)C[C@@H]2c2ccco2)nc1-c1ccccc1. The van der Waals surface area contributed by atoms with Gasteiger partial charge in [0.25, 0.3) is 0 Å². The maximum Gasteiger partial charge on any atom is 0.308 e. The van der Waals surface area contributed by atoms with Crippen LogP contribution in [-0.2, 0) is 11.2 Å². The second-order valence-electron chi connectivity index (χ2n) is 6.81. The molecule has 0 bridgehead atoms. The molecule has 0 unspecified atom stereocenters. The highest BCUT2D eigenvalue weighted by Gasteiger charge is 2.34. The topological polar surface area (TPSA) is 78.9 Å². The van der Waals surface area contributed by atoms with E-state index in [0.29, 0.717) is 22.1 Å². The predicted octanol–water partition coefficient (Wildman–Crippen LogP) is 5.45. The Morgan fingerprint density at radius 2 is 2.03 bits per heavy atom. The fraction of sp³-hybridized carbons (Fsp3) is 0.136. The van der Waals surface area contributed by atoms with Crippen molar-refractivity contribution < 1.29 is 14.3 Å². The first-order valence-electron chi connectivity index (χ1n) is 9.40. The van der Waals surface area contributed by atoms with Crippen LogP contribution in [-0.4, -0.2) is 21.8 Å². The maximum absolute atomic E-state index is 11.5. The number of hydrazone groups is 1. The molecule has 0 aliphatic carbocycles. The molecular weight excluding hydrogens is 418 g/mol. The van der Waals surface area contributed by atoms with E-state index >= 15 is 0 Å². The number of hydrogen-bond donors (Lipinski definition) is 1. The number of rotatable bonds is 6. The lowest BCUT2D eigenvalue weighted by Gasteiger charge is -2.18. The Labute approximate surface area is 180 Å². The summed E-state index contributed by atoms with van der Waals surface area (Å²) in [4.78, 5) is 18.1. The molecule has 0 amide bonds. The van der Waals surface area contributed by atoms with Gasteiger partial charge in [0.1, 0.15) is 11.8 Å². The lowest BCUT2D eigenvalue weighted by Crippen LogP contribution is -2.17. The number of benzene rings is 1. The number of thiazole rings is 1. The van der Waals surface area contributed by atoms with E-state index in [2.05, 4.69) is 6.07 Å². The number of nitrogens with zero attached hydrogens (tertiary/aromatic N) is 3. The smallest absolute Gasteiger partial charge is 0.308 e. The van der Waals surface area contributed by atoms with E-state index in [1.54, 1.807) is 17.6 Å². The Morgan fingerprint density at radius 3 is 2.73 bits per heavy atom. The number of anilines is 1. The van der Waals surface area contributed by atoms with Crippen molar-refractivity contribution in [2.45, 2.75) is 18.9 Å². The summed E-state index contributed by atoms with van der Waals surface area (Å²) in [6, 6.07) is 17.4. The molecule has 4 heterocycles. The monoisotopic (exact) mass is 435 g/mol. The predicted molar refractivity (Wildman–Crippen MR) is 118 cm³/mol. The zero-order valence-electron chi connectivity index (χ0n) is 15.8. The minimum absolute atomic E-state index is 0.0807. The van der Waals surface area contributed by atoms with E-state index in [-0.39, 0.29) is 12.5 Å². The Hall–Kier alpha value is -3.23. The number of carboxylic acid groups (broad SMARTS) is 1. The summed E-state index contributed by atoms with van der Waals surface area (Å²) in [5.74, 6) is -0.0734. The normalized spacial score (nSPS) is 16.1. The minimum atomic E-state index is -0.880. The summed E-state index contributed by atoms with van der Waals surface area (Å²) >= 11 is 3.02. The first kappa shape index (κ1) is 18.8. The molecule has 0 spiro atoms. The van der Waals surface area contributed by atoms with Gasteiger partial charge in [0.05, 0.1) is 29.0 Å². The molecule has 1 atom stereocenters. The van der Waals surface area contributed by atoms with E-state index < -0.39 is 5.97 Å². The molecule has 0 saturated heterocycles. The van der Waals surface area contributed by atoms with Crippen LogP contribution in [0.2, 0.25) is 0 Å². The second kappa shape index (κ2) is 7.89. The molecule has 8 heteroatoms. The van der Waals surface area contributed by atoms with Gasteiger partial charge in [-0.25, -0.2) is 9.99 Å². The molecule has 1 aliphatic heterocycles. The number of furan rings is 1. The van der Waals surface area contributed by atoms with Gasteiger partial charge >= 0.3 is 5.97 Å². The van der Waals surface area contributed by atoms with Crippen LogP contribution in [0.3, 0.4) is 0 Å². The van der Waals surface area contributed by atoms with E-state index in [4.69, 9.17) is 14.5 Å². The molecular formula is C22H17N3O3S2. The molecule has 6 nitrogen and oxygen atoms in total. The van der Waals surface area contributed by atoms with Crippen LogP contribution in [0.1, 0.15) is 28.0 Å². The third-order valence-corrected chi connectivity index (χ3v) is 6.79. The highest BCUT2D eigenvalue weighted by Crippen LogP contribution is 2.42. The molecule has 0 radical (unpaired) electrons. The molecule has 1 aromatic carbocycles. The lowest BCUT2D eigenvalue weighted by atomic mass is 10.1. The third kappa shape index (κ3) is 3.55. The zero-order chi connectivity index (χ0) is 20.5. The Kier molecular flexibility index (Phi) is 4.94. The summed E-state index contributed by atoms with van der Waals surface area (Å²) in [5.41, 5.74) is 2.56. The van der Waals surface area contributed by atoms with Crippen LogP contribution in [0.4, 0.5) is 5.13 Å². The van der Waals surface area contributed by atoms with Crippen LogP contribution in [0.15, 0.2) is 75.8 Å². The van der Waals surface area contributed by atoms with E-state index in [1.165, 1.54) is 11.3 Å². The fourth-order valence-electron chi connectivity index (χ4n) is 3.50. The van der Waals surface area contributed by atoms with Gasteiger partial charge in [0, 0.05) is 16.9 Å². The van der Waals surface area contributed by atoms with Crippen LogP contribution < -0.4 is 5.01 Å². The number of aromatic nitrogens is 1. The molecule has 4 aromatic rings. The van der Waals surface area contributed by atoms with Crippen molar-refractivity contribution in [3.8, 4) is 11.3 Å². The summed E-state index contributed by atoms with van der Waals surface area (Å²) in [5, 5.41) is 18.8. The van der Waals surface area contributed by atoms with Gasteiger partial charge < -0.3 is 9.52 Å². The first-order valence-corrected chi connectivity index (χ1v) is 11.1. The Balaban J connectivity index is 1.59. The highest BCUT2D eigenvalue weighted by atomic mass is 32.1. The molecule has 0 fully saturated rings. The van der Waals surface area contributed by atoms with Crippen molar-refractivity contribution in [1.29, 1.82) is 0 Å². The third-order valence-electron chi connectivity index (χ3n) is 4.83. The maximum atomic E-state index is 11.5. The average Bonchev–Trinajstić information content (AvgIpc) is 3.53. The quantitative estimate of drug-likeness (QED) is 0.436. The largest absolute Gasteiger partial charge is 0.481 e.